The second-order valence-electron chi connectivity index (χ2n) is 5.11. The van der Waals surface area contributed by atoms with Crippen molar-refractivity contribution < 1.29 is 4.39 Å². The Hall–Kier alpha value is -1.94. The molecule has 1 aromatic heterocycles. The number of hydrogen-bond donors (Lipinski definition) is 1. The van der Waals surface area contributed by atoms with Crippen LogP contribution in [0.2, 0.25) is 0 Å². The van der Waals surface area contributed by atoms with Crippen molar-refractivity contribution in [2.45, 2.75) is 25.9 Å². The van der Waals surface area contributed by atoms with E-state index in [0.29, 0.717) is 18.7 Å². The number of hydrogen-bond acceptors (Lipinski definition) is 3. The number of nitrogens with zero attached hydrogens (tertiary/aromatic N) is 2. The molecule has 2 rings (SSSR count). The highest BCUT2D eigenvalue weighted by Crippen LogP contribution is 2.25. The predicted octanol–water partition coefficient (Wildman–Crippen LogP) is 2.75. The van der Waals surface area contributed by atoms with Crippen molar-refractivity contribution >= 4 is 5.69 Å². The van der Waals surface area contributed by atoms with E-state index in [4.69, 9.17) is 5.73 Å². The second kappa shape index (κ2) is 6.48. The molecule has 0 saturated heterocycles. The van der Waals surface area contributed by atoms with Gasteiger partial charge in [0, 0.05) is 19.3 Å². The molecule has 1 unspecified atom stereocenters. The van der Waals surface area contributed by atoms with Gasteiger partial charge in [-0.05, 0) is 37.1 Å². The lowest BCUT2D eigenvalue weighted by molar-refractivity contribution is 0.616. The average molecular weight is 273 g/mol. The van der Waals surface area contributed by atoms with Crippen molar-refractivity contribution in [1.82, 2.24) is 4.98 Å². The molecule has 0 aliphatic rings. The summed E-state index contributed by atoms with van der Waals surface area (Å²) in [6.07, 6.45) is 2.40. The first-order valence-electron chi connectivity index (χ1n) is 6.72. The zero-order chi connectivity index (χ0) is 14.5. The molecular weight excluding hydrogens is 253 g/mol. The van der Waals surface area contributed by atoms with Crippen LogP contribution >= 0.6 is 0 Å². The largest absolute Gasteiger partial charge is 0.366 e. The van der Waals surface area contributed by atoms with E-state index in [0.717, 1.165) is 11.3 Å². The van der Waals surface area contributed by atoms with Crippen molar-refractivity contribution in [2.75, 3.05) is 11.9 Å². The fourth-order valence-corrected chi connectivity index (χ4v) is 2.31. The predicted molar refractivity (Wildman–Crippen MR) is 80.1 cm³/mol. The van der Waals surface area contributed by atoms with E-state index in [1.54, 1.807) is 12.3 Å². The van der Waals surface area contributed by atoms with Crippen LogP contribution in [0.1, 0.15) is 18.2 Å². The molecule has 0 spiro atoms. The molecule has 106 valence electrons. The number of para-hydroxylation sites is 1. The third-order valence-electron chi connectivity index (χ3n) is 3.12. The molecule has 1 aromatic carbocycles. The highest BCUT2D eigenvalue weighted by Gasteiger charge is 2.14. The Bertz CT molecular complexity index is 555. The number of rotatable bonds is 5. The van der Waals surface area contributed by atoms with Crippen LogP contribution in [0.4, 0.5) is 10.1 Å². The van der Waals surface area contributed by atoms with Gasteiger partial charge in [0.1, 0.15) is 5.82 Å². The van der Waals surface area contributed by atoms with Crippen LogP contribution in [0.15, 0.2) is 42.6 Å². The maximum absolute atomic E-state index is 14.2. The summed E-state index contributed by atoms with van der Waals surface area (Å²) in [6, 6.07) is 10.9. The molecule has 20 heavy (non-hydrogen) atoms. The minimum Gasteiger partial charge on any atom is -0.366 e. The van der Waals surface area contributed by atoms with Crippen LogP contribution < -0.4 is 10.6 Å². The third kappa shape index (κ3) is 3.54. The Labute approximate surface area is 119 Å². The van der Waals surface area contributed by atoms with Gasteiger partial charge >= 0.3 is 0 Å². The zero-order valence-corrected chi connectivity index (χ0v) is 11.9. The second-order valence-corrected chi connectivity index (χ2v) is 5.11. The molecular formula is C16H20FN3. The summed E-state index contributed by atoms with van der Waals surface area (Å²) in [5.41, 5.74) is 8.29. The summed E-state index contributed by atoms with van der Waals surface area (Å²) in [4.78, 5) is 6.16. The van der Waals surface area contributed by atoms with E-state index >= 15 is 0 Å². The van der Waals surface area contributed by atoms with Crippen LogP contribution in [-0.2, 0) is 13.0 Å². The molecule has 0 fully saturated rings. The van der Waals surface area contributed by atoms with E-state index in [2.05, 4.69) is 4.98 Å². The van der Waals surface area contributed by atoms with Crippen LogP contribution in [0, 0.1) is 5.82 Å². The van der Waals surface area contributed by atoms with Gasteiger partial charge in [-0.1, -0.05) is 18.2 Å². The number of anilines is 1. The first kappa shape index (κ1) is 14.5. The highest BCUT2D eigenvalue weighted by molar-refractivity contribution is 5.54. The number of halogens is 1. The van der Waals surface area contributed by atoms with E-state index in [1.807, 2.05) is 43.1 Å². The lowest BCUT2D eigenvalue weighted by atomic mass is 10.0. The molecule has 0 aliphatic carbocycles. The molecule has 1 heterocycles. The molecule has 2 N–H and O–H groups in total. The first-order chi connectivity index (χ1) is 9.58. The molecule has 0 amide bonds. The Morgan fingerprint density at radius 3 is 2.70 bits per heavy atom. The van der Waals surface area contributed by atoms with Crippen LogP contribution in [0.3, 0.4) is 0 Å². The Balaban J connectivity index is 2.26. The SMILES string of the molecule is CC(N)Cc1cccc(F)c1N(C)Cc1ccccn1. The van der Waals surface area contributed by atoms with E-state index in [9.17, 15) is 4.39 Å². The van der Waals surface area contributed by atoms with Gasteiger partial charge in [0.05, 0.1) is 17.9 Å². The van der Waals surface area contributed by atoms with Gasteiger partial charge in [-0.2, -0.15) is 0 Å². The van der Waals surface area contributed by atoms with Crippen molar-refractivity contribution in [3.8, 4) is 0 Å². The minimum absolute atomic E-state index is 0.00111. The normalized spacial score (nSPS) is 12.2. The van der Waals surface area contributed by atoms with Gasteiger partial charge in [0.2, 0.25) is 0 Å². The van der Waals surface area contributed by atoms with Crippen LogP contribution in [0.5, 0.6) is 0 Å². The smallest absolute Gasteiger partial charge is 0.146 e. The average Bonchev–Trinajstić information content (AvgIpc) is 2.39. The summed E-state index contributed by atoms with van der Waals surface area (Å²) in [7, 11) is 1.87. The summed E-state index contributed by atoms with van der Waals surface area (Å²) in [6.45, 7) is 2.49. The quantitative estimate of drug-likeness (QED) is 0.911. The van der Waals surface area contributed by atoms with Crippen LogP contribution in [-0.4, -0.2) is 18.1 Å². The number of nitrogens with two attached hydrogens (primary N) is 1. The van der Waals surface area contributed by atoms with Crippen molar-refractivity contribution in [3.05, 3.63) is 59.7 Å². The monoisotopic (exact) mass is 273 g/mol. The summed E-state index contributed by atoms with van der Waals surface area (Å²) in [5.74, 6) is -0.221. The molecule has 0 saturated carbocycles. The lowest BCUT2D eigenvalue weighted by Gasteiger charge is -2.23. The summed E-state index contributed by atoms with van der Waals surface area (Å²) >= 11 is 0. The summed E-state index contributed by atoms with van der Waals surface area (Å²) < 4.78 is 14.2. The first-order valence-corrected chi connectivity index (χ1v) is 6.72. The Morgan fingerprint density at radius 1 is 1.25 bits per heavy atom. The fourth-order valence-electron chi connectivity index (χ4n) is 2.31. The summed E-state index contributed by atoms with van der Waals surface area (Å²) in [5, 5.41) is 0. The zero-order valence-electron chi connectivity index (χ0n) is 11.9. The van der Waals surface area contributed by atoms with E-state index in [1.165, 1.54) is 6.07 Å². The molecule has 3 nitrogen and oxygen atoms in total. The van der Waals surface area contributed by atoms with Gasteiger partial charge < -0.3 is 10.6 Å². The van der Waals surface area contributed by atoms with E-state index < -0.39 is 0 Å². The van der Waals surface area contributed by atoms with Crippen molar-refractivity contribution in [1.29, 1.82) is 0 Å². The van der Waals surface area contributed by atoms with Crippen molar-refractivity contribution in [2.24, 2.45) is 5.73 Å². The van der Waals surface area contributed by atoms with Gasteiger partial charge in [0.15, 0.2) is 0 Å². The maximum atomic E-state index is 14.2. The van der Waals surface area contributed by atoms with E-state index in [-0.39, 0.29) is 11.9 Å². The van der Waals surface area contributed by atoms with Gasteiger partial charge in [-0.15, -0.1) is 0 Å². The topological polar surface area (TPSA) is 42.1 Å². The number of pyridine rings is 1. The molecule has 2 aromatic rings. The standard InChI is InChI=1S/C16H20FN3/c1-12(18)10-13-6-5-8-15(17)16(13)20(2)11-14-7-3-4-9-19-14/h3-9,12H,10-11,18H2,1-2H3. The fraction of sp³-hybridized carbons (Fsp3) is 0.312. The molecule has 1 atom stereocenters. The van der Waals surface area contributed by atoms with Crippen molar-refractivity contribution in [3.63, 3.8) is 0 Å². The van der Waals surface area contributed by atoms with Crippen LogP contribution in [0.25, 0.3) is 0 Å². The highest BCUT2D eigenvalue weighted by atomic mass is 19.1. The molecule has 0 bridgehead atoms. The maximum Gasteiger partial charge on any atom is 0.146 e. The molecule has 0 aliphatic heterocycles. The third-order valence-corrected chi connectivity index (χ3v) is 3.12. The number of aromatic nitrogens is 1. The van der Waals surface area contributed by atoms with Gasteiger partial charge in [-0.25, -0.2) is 4.39 Å². The Kier molecular flexibility index (Phi) is 4.69. The van der Waals surface area contributed by atoms with Gasteiger partial charge in [0.25, 0.3) is 0 Å². The van der Waals surface area contributed by atoms with Gasteiger partial charge in [-0.3, -0.25) is 4.98 Å². The minimum atomic E-state index is -0.221. The lowest BCUT2D eigenvalue weighted by Crippen LogP contribution is -2.23. The molecule has 4 heteroatoms. The molecule has 0 radical (unpaired) electrons. The Morgan fingerprint density at radius 2 is 2.05 bits per heavy atom. The number of benzene rings is 1.